The third-order valence-electron chi connectivity index (χ3n) is 7.79. The Balaban J connectivity index is 1.58. The summed E-state index contributed by atoms with van der Waals surface area (Å²) in [6.07, 6.45) is 3.29. The summed E-state index contributed by atoms with van der Waals surface area (Å²) in [6.45, 7) is 0. The van der Waals surface area contributed by atoms with Crippen LogP contribution >= 0.6 is 15.9 Å². The van der Waals surface area contributed by atoms with Crippen molar-refractivity contribution in [3.8, 4) is 5.75 Å². The largest absolute Gasteiger partial charge is 0.507 e. The molecule has 0 radical (unpaired) electrons. The molecule has 4 atom stereocenters. The van der Waals surface area contributed by atoms with E-state index in [2.05, 4.69) is 15.9 Å². The molecule has 3 N–H and O–H groups in total. The van der Waals surface area contributed by atoms with Crippen LogP contribution in [0.25, 0.3) is 10.8 Å². The number of benzene rings is 2. The van der Waals surface area contributed by atoms with E-state index in [9.17, 15) is 29.1 Å². The predicted molar refractivity (Wildman–Crippen MR) is 132 cm³/mol. The number of nitrogens with zero attached hydrogens (tertiary/aromatic N) is 1. The zero-order chi connectivity index (χ0) is 25.5. The molecule has 6 rings (SSSR count). The first-order valence-electron chi connectivity index (χ1n) is 11.5. The molecule has 2 aromatic rings. The van der Waals surface area contributed by atoms with E-state index in [0.29, 0.717) is 21.4 Å². The molecule has 180 valence electrons. The molecule has 0 aromatic heterocycles. The number of amides is 4. The summed E-state index contributed by atoms with van der Waals surface area (Å²) in [7, 11) is 0. The third-order valence-corrected chi connectivity index (χ3v) is 8.38. The lowest BCUT2D eigenvalue weighted by atomic mass is 9.59. The number of rotatable bonds is 1. The Bertz CT molecular complexity index is 1550. The lowest BCUT2D eigenvalue weighted by Crippen LogP contribution is -2.42. The fourth-order valence-corrected chi connectivity index (χ4v) is 6.73. The molecule has 1 heterocycles. The highest BCUT2D eigenvalue weighted by atomic mass is 79.9. The van der Waals surface area contributed by atoms with Gasteiger partial charge in [0.1, 0.15) is 5.75 Å². The molecular weight excluding hydrogens is 528 g/mol. The van der Waals surface area contributed by atoms with Crippen molar-refractivity contribution in [2.45, 2.75) is 18.8 Å². The second kappa shape index (κ2) is 7.83. The molecule has 8 nitrogen and oxygen atoms in total. The molecule has 4 unspecified atom stereocenters. The summed E-state index contributed by atoms with van der Waals surface area (Å²) >= 11 is 3.18. The number of imide groups is 3. The lowest BCUT2D eigenvalue weighted by molar-refractivity contribution is -0.136. The molecular formula is C27H19BrN2O6. The Labute approximate surface area is 213 Å². The number of hydrogen-bond acceptors (Lipinski definition) is 6. The highest BCUT2D eigenvalue weighted by Gasteiger charge is 2.57. The Hall–Kier alpha value is -3.85. The van der Waals surface area contributed by atoms with E-state index in [0.717, 1.165) is 5.39 Å². The average Bonchev–Trinajstić information content (AvgIpc) is 3.12. The van der Waals surface area contributed by atoms with Crippen molar-refractivity contribution < 1.29 is 29.1 Å². The van der Waals surface area contributed by atoms with E-state index in [1.165, 1.54) is 6.08 Å². The number of urea groups is 1. The highest BCUT2D eigenvalue weighted by molar-refractivity contribution is 9.12. The molecule has 0 spiro atoms. The van der Waals surface area contributed by atoms with Crippen molar-refractivity contribution in [2.75, 3.05) is 0 Å². The van der Waals surface area contributed by atoms with E-state index in [1.54, 1.807) is 18.2 Å². The van der Waals surface area contributed by atoms with Crippen LogP contribution in [0.15, 0.2) is 69.8 Å². The second-order valence-corrected chi connectivity index (χ2v) is 10.3. The van der Waals surface area contributed by atoms with Crippen LogP contribution in [-0.4, -0.2) is 39.4 Å². The number of hydrogen-bond donors (Lipinski definition) is 2. The number of nitrogens with two attached hydrogens (primary N) is 1. The van der Waals surface area contributed by atoms with Crippen molar-refractivity contribution in [3.05, 3.63) is 75.3 Å². The molecule has 4 amide bonds. The number of ketones is 2. The maximum Gasteiger partial charge on any atom is 0.328 e. The standard InChI is InChI=1S/C27H19BrN2O6/c28-18-10-19(31)22-17(24(18)33)9-16-13(7-8-15-21(16)26(35)30(25(15)34)27(29)36)20(22)14-6-5-11-3-1-2-4-12(11)23(14)32/h1-7,10,15-16,20-21,32H,8-9H2,(H2,29,36). The smallest absolute Gasteiger partial charge is 0.328 e. The van der Waals surface area contributed by atoms with Crippen molar-refractivity contribution in [1.82, 2.24) is 4.90 Å². The van der Waals surface area contributed by atoms with Crippen LogP contribution in [0.3, 0.4) is 0 Å². The second-order valence-electron chi connectivity index (χ2n) is 9.47. The first-order valence-corrected chi connectivity index (χ1v) is 12.3. The van der Waals surface area contributed by atoms with Gasteiger partial charge in [-0.25, -0.2) is 4.79 Å². The molecule has 1 saturated heterocycles. The number of carbonyl (C=O) groups is 5. The van der Waals surface area contributed by atoms with Crippen molar-refractivity contribution in [2.24, 2.45) is 23.5 Å². The Kier molecular flexibility index (Phi) is 4.91. The molecule has 0 saturated carbocycles. The number of allylic oxidation sites excluding steroid dienone is 6. The van der Waals surface area contributed by atoms with Gasteiger partial charge in [0.2, 0.25) is 11.8 Å². The first kappa shape index (κ1) is 22.6. The van der Waals surface area contributed by atoms with Gasteiger partial charge in [-0.15, -0.1) is 0 Å². The molecule has 1 fully saturated rings. The van der Waals surface area contributed by atoms with E-state index < -0.39 is 41.5 Å². The third kappa shape index (κ3) is 2.95. The Morgan fingerprint density at radius 3 is 2.53 bits per heavy atom. The van der Waals surface area contributed by atoms with Gasteiger partial charge in [-0.2, -0.15) is 4.90 Å². The molecule has 0 bridgehead atoms. The van der Waals surface area contributed by atoms with Crippen LogP contribution in [0.4, 0.5) is 4.79 Å². The number of fused-ring (bicyclic) bond motifs is 4. The van der Waals surface area contributed by atoms with Gasteiger partial charge in [0.15, 0.2) is 11.6 Å². The average molecular weight is 547 g/mol. The number of phenolic OH excluding ortho intramolecular Hbond substituents is 1. The monoisotopic (exact) mass is 546 g/mol. The zero-order valence-corrected chi connectivity index (χ0v) is 20.3. The number of likely N-dealkylation sites (tertiary alicyclic amines) is 1. The quantitative estimate of drug-likeness (QED) is 0.319. The van der Waals surface area contributed by atoms with Crippen LogP contribution < -0.4 is 5.73 Å². The molecule has 9 heteroatoms. The first-order chi connectivity index (χ1) is 17.2. The van der Waals surface area contributed by atoms with Gasteiger partial charge in [0.05, 0.1) is 16.3 Å². The lowest BCUT2D eigenvalue weighted by Gasteiger charge is -2.42. The number of Topliss-reactive ketones (excluding diaryl/α,β-unsaturated/α-hetero) is 1. The van der Waals surface area contributed by atoms with Crippen molar-refractivity contribution in [3.63, 3.8) is 0 Å². The maximum atomic E-state index is 13.3. The van der Waals surface area contributed by atoms with Gasteiger partial charge in [0, 0.05) is 34.1 Å². The van der Waals surface area contributed by atoms with Crippen molar-refractivity contribution >= 4 is 56.1 Å². The topological polar surface area (TPSA) is 135 Å². The summed E-state index contributed by atoms with van der Waals surface area (Å²) in [6, 6.07) is 9.69. The number of aromatic hydroxyl groups is 1. The van der Waals surface area contributed by atoms with Gasteiger partial charge >= 0.3 is 6.03 Å². The minimum absolute atomic E-state index is 0.0184. The number of halogens is 1. The van der Waals surface area contributed by atoms with Gasteiger partial charge in [-0.3, -0.25) is 19.2 Å². The zero-order valence-electron chi connectivity index (χ0n) is 18.7. The Morgan fingerprint density at radius 2 is 1.78 bits per heavy atom. The Morgan fingerprint density at radius 1 is 1.03 bits per heavy atom. The van der Waals surface area contributed by atoms with Gasteiger partial charge < -0.3 is 10.8 Å². The number of phenols is 1. The van der Waals surface area contributed by atoms with Crippen LogP contribution in [0, 0.1) is 17.8 Å². The molecule has 2 aromatic carbocycles. The van der Waals surface area contributed by atoms with E-state index >= 15 is 0 Å². The van der Waals surface area contributed by atoms with Crippen molar-refractivity contribution in [1.29, 1.82) is 0 Å². The fraction of sp³-hybridized carbons (Fsp3) is 0.222. The van der Waals surface area contributed by atoms with Gasteiger partial charge in [-0.05, 0) is 40.1 Å². The van der Waals surface area contributed by atoms with Crippen LogP contribution in [0.2, 0.25) is 0 Å². The highest BCUT2D eigenvalue weighted by Crippen LogP contribution is 2.56. The van der Waals surface area contributed by atoms with E-state index in [1.807, 2.05) is 24.3 Å². The summed E-state index contributed by atoms with van der Waals surface area (Å²) in [5.41, 5.74) is 6.95. The summed E-state index contributed by atoms with van der Waals surface area (Å²) in [5.74, 6) is -5.17. The normalized spacial score (nSPS) is 27.5. The minimum atomic E-state index is -1.13. The van der Waals surface area contributed by atoms with Crippen LogP contribution in [0.1, 0.15) is 24.3 Å². The fourth-order valence-electron chi connectivity index (χ4n) is 6.28. The molecule has 36 heavy (non-hydrogen) atoms. The maximum absolute atomic E-state index is 13.3. The van der Waals surface area contributed by atoms with E-state index in [4.69, 9.17) is 5.73 Å². The van der Waals surface area contributed by atoms with E-state index in [-0.39, 0.29) is 45.8 Å². The van der Waals surface area contributed by atoms with Crippen LogP contribution in [0.5, 0.6) is 5.75 Å². The number of carbonyl (C=O) groups excluding carboxylic acids is 5. The number of primary amides is 1. The van der Waals surface area contributed by atoms with Gasteiger partial charge in [0.25, 0.3) is 0 Å². The molecule has 1 aliphatic heterocycles. The van der Waals surface area contributed by atoms with Gasteiger partial charge in [-0.1, -0.05) is 48.0 Å². The minimum Gasteiger partial charge on any atom is -0.507 e. The van der Waals surface area contributed by atoms with Crippen LogP contribution in [-0.2, 0) is 19.2 Å². The molecule has 4 aliphatic rings. The SMILES string of the molecule is NC(=O)N1C(=O)C2CC=C3C(c4ccc5ccccc5c4O)C4=C(CC3C2C1=O)C(=O)C(Br)=CC4=O. The predicted octanol–water partition coefficient (Wildman–Crippen LogP) is 3.39. The summed E-state index contributed by atoms with van der Waals surface area (Å²) in [5, 5.41) is 12.7. The summed E-state index contributed by atoms with van der Waals surface area (Å²) in [4.78, 5) is 65.0. The molecule has 3 aliphatic carbocycles. The summed E-state index contributed by atoms with van der Waals surface area (Å²) < 4.78 is 0.111.